The Hall–Kier alpha value is -3.01. The average molecular weight is 489 g/mol. The molecule has 1 aliphatic rings. The van der Waals surface area contributed by atoms with E-state index in [1.54, 1.807) is 17.2 Å². The van der Waals surface area contributed by atoms with Gasteiger partial charge in [-0.3, -0.25) is 19.4 Å². The number of carbonyl (C=O) groups is 1. The van der Waals surface area contributed by atoms with Gasteiger partial charge in [0.1, 0.15) is 5.82 Å². The summed E-state index contributed by atoms with van der Waals surface area (Å²) in [4.78, 5) is 21.0. The number of aromatic nitrogens is 1. The summed E-state index contributed by atoms with van der Waals surface area (Å²) in [5.74, 6) is -0.741. The fourth-order valence-electron chi connectivity index (χ4n) is 3.60. The van der Waals surface area contributed by atoms with Gasteiger partial charge in [0.05, 0.1) is 15.6 Å². The molecule has 1 aliphatic heterocycles. The first-order chi connectivity index (χ1) is 15.8. The average Bonchev–Trinajstić information content (AvgIpc) is 2.81. The van der Waals surface area contributed by atoms with E-state index in [0.717, 1.165) is 49.5 Å². The van der Waals surface area contributed by atoms with E-state index in [-0.39, 0.29) is 21.5 Å². The van der Waals surface area contributed by atoms with Crippen molar-refractivity contribution in [2.45, 2.75) is 11.4 Å². The van der Waals surface area contributed by atoms with Crippen molar-refractivity contribution in [2.75, 3.05) is 30.9 Å². The third kappa shape index (κ3) is 5.68. The molecule has 33 heavy (non-hydrogen) atoms. The Labute approximate surface area is 196 Å². The maximum absolute atomic E-state index is 13.1. The number of nitrogens with one attached hydrogen (secondary N) is 1. The van der Waals surface area contributed by atoms with Gasteiger partial charge >= 0.3 is 0 Å². The number of amides is 1. The van der Waals surface area contributed by atoms with Crippen LogP contribution in [0.3, 0.4) is 0 Å². The van der Waals surface area contributed by atoms with Gasteiger partial charge in [-0.2, -0.15) is 0 Å². The van der Waals surface area contributed by atoms with Crippen LogP contribution in [0.5, 0.6) is 0 Å². The van der Waals surface area contributed by atoms with E-state index >= 15 is 0 Å². The first-order valence-corrected chi connectivity index (χ1v) is 12.2. The summed E-state index contributed by atoms with van der Waals surface area (Å²) >= 11 is 6.18. The van der Waals surface area contributed by atoms with Crippen molar-refractivity contribution < 1.29 is 17.6 Å². The molecule has 1 fully saturated rings. The largest absolute Gasteiger partial charge is 0.336 e. The Kier molecular flexibility index (Phi) is 6.92. The molecule has 0 atom stereocenters. The zero-order valence-corrected chi connectivity index (χ0v) is 19.2. The normalized spacial score (nSPS) is 14.8. The van der Waals surface area contributed by atoms with Crippen LogP contribution in [0.2, 0.25) is 5.02 Å². The van der Waals surface area contributed by atoms with E-state index in [4.69, 9.17) is 11.6 Å². The van der Waals surface area contributed by atoms with E-state index in [1.807, 2.05) is 18.3 Å². The second-order valence-corrected chi connectivity index (χ2v) is 9.77. The third-order valence-corrected chi connectivity index (χ3v) is 7.08. The standard InChI is InChI=1S/C23H22ClFN4O3S/c24-21-8-3-18(14-22(21)27-33(31,32)20-6-4-19(25)5-7-20)23(30)29-12-10-28(11-13-29)16-17-2-1-9-26-15-17/h1-9,14-15,27H,10-13,16H2. The molecule has 10 heteroatoms. The van der Waals surface area contributed by atoms with Crippen molar-refractivity contribution in [3.63, 3.8) is 0 Å². The highest BCUT2D eigenvalue weighted by Crippen LogP contribution is 2.27. The number of nitrogens with zero attached hydrogens (tertiary/aromatic N) is 3. The molecule has 7 nitrogen and oxygen atoms in total. The Morgan fingerprint density at radius 2 is 1.79 bits per heavy atom. The topological polar surface area (TPSA) is 82.6 Å². The fraction of sp³-hybridized carbons (Fsp3) is 0.217. The van der Waals surface area contributed by atoms with Crippen LogP contribution in [0.25, 0.3) is 0 Å². The van der Waals surface area contributed by atoms with Crippen LogP contribution >= 0.6 is 11.6 Å². The summed E-state index contributed by atoms with van der Waals surface area (Å²) in [6, 6.07) is 12.8. The second-order valence-electron chi connectivity index (χ2n) is 7.68. The highest BCUT2D eigenvalue weighted by molar-refractivity contribution is 7.92. The molecule has 0 spiro atoms. The fourth-order valence-corrected chi connectivity index (χ4v) is 4.89. The van der Waals surface area contributed by atoms with Gasteiger partial charge in [0, 0.05) is 50.7 Å². The van der Waals surface area contributed by atoms with Crippen LogP contribution in [0.15, 0.2) is 71.9 Å². The Morgan fingerprint density at radius 1 is 1.06 bits per heavy atom. The van der Waals surface area contributed by atoms with Crippen LogP contribution < -0.4 is 4.72 Å². The SMILES string of the molecule is O=C(c1ccc(Cl)c(NS(=O)(=O)c2ccc(F)cc2)c1)N1CCN(Cc2cccnc2)CC1. The van der Waals surface area contributed by atoms with Crippen LogP contribution in [-0.4, -0.2) is 55.3 Å². The monoisotopic (exact) mass is 488 g/mol. The molecule has 4 rings (SSSR count). The van der Waals surface area contributed by atoms with Crippen LogP contribution in [0.1, 0.15) is 15.9 Å². The molecular weight excluding hydrogens is 467 g/mol. The highest BCUT2D eigenvalue weighted by atomic mass is 35.5. The molecule has 0 aliphatic carbocycles. The molecule has 1 amide bonds. The number of pyridine rings is 1. The molecular formula is C23H22ClFN4O3S. The lowest BCUT2D eigenvalue weighted by atomic mass is 10.1. The lowest BCUT2D eigenvalue weighted by molar-refractivity contribution is 0.0628. The number of hydrogen-bond acceptors (Lipinski definition) is 5. The quantitative estimate of drug-likeness (QED) is 0.573. The maximum atomic E-state index is 13.1. The van der Waals surface area contributed by atoms with E-state index in [9.17, 15) is 17.6 Å². The van der Waals surface area contributed by atoms with Gasteiger partial charge in [0.2, 0.25) is 0 Å². The number of benzene rings is 2. The zero-order chi connectivity index (χ0) is 23.4. The third-order valence-electron chi connectivity index (χ3n) is 5.37. The van der Waals surface area contributed by atoms with Crippen LogP contribution in [0, 0.1) is 5.82 Å². The van der Waals surface area contributed by atoms with Crippen molar-refractivity contribution in [3.05, 3.63) is 89.0 Å². The summed E-state index contributed by atoms with van der Waals surface area (Å²) in [6.45, 7) is 3.32. The van der Waals surface area contributed by atoms with Gasteiger partial charge in [-0.1, -0.05) is 17.7 Å². The molecule has 3 aromatic rings. The van der Waals surface area contributed by atoms with E-state index in [0.29, 0.717) is 18.7 Å². The summed E-state index contributed by atoms with van der Waals surface area (Å²) < 4.78 is 40.8. The summed E-state index contributed by atoms with van der Waals surface area (Å²) in [7, 11) is -3.99. The molecule has 0 bridgehead atoms. The zero-order valence-electron chi connectivity index (χ0n) is 17.6. The van der Waals surface area contributed by atoms with Crippen molar-refractivity contribution in [2.24, 2.45) is 0 Å². The minimum Gasteiger partial charge on any atom is -0.336 e. The maximum Gasteiger partial charge on any atom is 0.261 e. The van der Waals surface area contributed by atoms with Crippen molar-refractivity contribution in [1.29, 1.82) is 0 Å². The summed E-state index contributed by atoms with van der Waals surface area (Å²) in [5.41, 5.74) is 1.53. The summed E-state index contributed by atoms with van der Waals surface area (Å²) in [5, 5.41) is 0.151. The molecule has 0 saturated carbocycles. The molecule has 1 aromatic heterocycles. The minimum absolute atomic E-state index is 0.0852. The van der Waals surface area contributed by atoms with Crippen molar-refractivity contribution in [3.8, 4) is 0 Å². The van der Waals surface area contributed by atoms with Crippen molar-refractivity contribution >= 4 is 33.2 Å². The first kappa shape index (κ1) is 23.2. The smallest absolute Gasteiger partial charge is 0.261 e. The van der Waals surface area contributed by atoms with E-state index in [2.05, 4.69) is 14.6 Å². The predicted molar refractivity (Wildman–Crippen MR) is 124 cm³/mol. The van der Waals surface area contributed by atoms with Gasteiger partial charge in [0.15, 0.2) is 0 Å². The molecule has 2 heterocycles. The molecule has 2 aromatic carbocycles. The van der Waals surface area contributed by atoms with Gasteiger partial charge in [-0.25, -0.2) is 12.8 Å². The number of carbonyl (C=O) groups excluding carboxylic acids is 1. The number of halogens is 2. The van der Waals surface area contributed by atoms with E-state index < -0.39 is 15.8 Å². The molecule has 1 saturated heterocycles. The Bertz CT molecular complexity index is 1230. The second kappa shape index (κ2) is 9.86. The number of piperazine rings is 1. The lowest BCUT2D eigenvalue weighted by Crippen LogP contribution is -2.48. The molecule has 172 valence electrons. The van der Waals surface area contributed by atoms with Gasteiger partial charge in [0.25, 0.3) is 15.9 Å². The van der Waals surface area contributed by atoms with Crippen molar-refractivity contribution in [1.82, 2.24) is 14.8 Å². The summed E-state index contributed by atoms with van der Waals surface area (Å²) in [6.07, 6.45) is 3.57. The Morgan fingerprint density at radius 3 is 2.45 bits per heavy atom. The highest BCUT2D eigenvalue weighted by Gasteiger charge is 2.24. The molecule has 1 N–H and O–H groups in total. The number of rotatable bonds is 6. The minimum atomic E-state index is -3.99. The number of hydrogen-bond donors (Lipinski definition) is 1. The van der Waals surface area contributed by atoms with Gasteiger partial charge < -0.3 is 4.90 Å². The number of anilines is 1. The predicted octanol–water partition coefficient (Wildman–Crippen LogP) is 3.63. The first-order valence-electron chi connectivity index (χ1n) is 10.3. The van der Waals surface area contributed by atoms with E-state index in [1.165, 1.54) is 12.1 Å². The van der Waals surface area contributed by atoms with Crippen LogP contribution in [0.4, 0.5) is 10.1 Å². The Balaban J connectivity index is 1.43. The van der Waals surface area contributed by atoms with Crippen LogP contribution in [-0.2, 0) is 16.6 Å². The van der Waals surface area contributed by atoms with Gasteiger partial charge in [-0.05, 0) is 54.1 Å². The molecule has 0 radical (unpaired) electrons. The van der Waals surface area contributed by atoms with Gasteiger partial charge in [-0.15, -0.1) is 0 Å². The number of sulfonamides is 1. The molecule has 0 unspecified atom stereocenters. The lowest BCUT2D eigenvalue weighted by Gasteiger charge is -2.34.